The number of halogens is 2. The highest BCUT2D eigenvalue weighted by atomic mass is 35.5. The van der Waals surface area contributed by atoms with Crippen molar-refractivity contribution < 1.29 is 12.8 Å². The molecule has 8 heteroatoms. The molecule has 1 unspecified atom stereocenters. The van der Waals surface area contributed by atoms with E-state index in [4.69, 9.17) is 17.3 Å². The number of anilines is 1. The molecular formula is C20H15ClFN3O2S. The first-order valence-corrected chi connectivity index (χ1v) is 10.5. The Balaban J connectivity index is 2.00. The average molecular weight is 416 g/mol. The minimum Gasteiger partial charge on any atom is -0.384 e. The highest BCUT2D eigenvalue weighted by Crippen LogP contribution is 2.48. The lowest BCUT2D eigenvalue weighted by Gasteiger charge is -2.35. The summed E-state index contributed by atoms with van der Waals surface area (Å²) in [4.78, 5) is 1.70. The molecule has 2 aliphatic heterocycles. The van der Waals surface area contributed by atoms with E-state index >= 15 is 0 Å². The van der Waals surface area contributed by atoms with Crippen LogP contribution in [0.2, 0.25) is 5.02 Å². The molecule has 0 aliphatic carbocycles. The molecule has 4 rings (SSSR count). The Morgan fingerprint density at radius 1 is 1.21 bits per heavy atom. The molecule has 0 saturated carbocycles. The molecule has 0 amide bonds. The Hall–Kier alpha value is -2.82. The predicted molar refractivity (Wildman–Crippen MR) is 105 cm³/mol. The second-order valence-electron chi connectivity index (χ2n) is 6.59. The monoisotopic (exact) mass is 415 g/mol. The van der Waals surface area contributed by atoms with Crippen molar-refractivity contribution in [3.05, 3.63) is 86.9 Å². The number of nitrogens with zero attached hydrogens (tertiary/aromatic N) is 2. The van der Waals surface area contributed by atoms with Crippen LogP contribution in [-0.2, 0) is 9.84 Å². The number of hydrogen-bond donors (Lipinski definition) is 1. The quantitative estimate of drug-likeness (QED) is 0.805. The van der Waals surface area contributed by atoms with Gasteiger partial charge in [0.05, 0.1) is 28.2 Å². The van der Waals surface area contributed by atoms with Crippen LogP contribution in [0.25, 0.3) is 0 Å². The molecule has 1 atom stereocenters. The van der Waals surface area contributed by atoms with Crippen LogP contribution in [0, 0.1) is 17.1 Å². The summed E-state index contributed by atoms with van der Waals surface area (Å²) in [6.45, 7) is 0. The van der Waals surface area contributed by atoms with Crippen molar-refractivity contribution in [2.75, 3.05) is 10.7 Å². The van der Waals surface area contributed by atoms with Crippen LogP contribution < -0.4 is 10.6 Å². The van der Waals surface area contributed by atoms with E-state index in [1.54, 1.807) is 29.2 Å². The Bertz CT molecular complexity index is 1180. The van der Waals surface area contributed by atoms with E-state index in [-0.39, 0.29) is 28.5 Å². The van der Waals surface area contributed by atoms with Crippen LogP contribution in [0.3, 0.4) is 0 Å². The molecule has 2 aromatic carbocycles. The van der Waals surface area contributed by atoms with E-state index < -0.39 is 21.6 Å². The summed E-state index contributed by atoms with van der Waals surface area (Å²) in [5.74, 6) is -1.18. The third-order valence-corrected chi connectivity index (χ3v) is 7.07. The van der Waals surface area contributed by atoms with Gasteiger partial charge in [0, 0.05) is 22.8 Å². The first kappa shape index (κ1) is 18.5. The molecule has 142 valence electrons. The second-order valence-corrected chi connectivity index (χ2v) is 9.10. The first-order valence-electron chi connectivity index (χ1n) is 8.50. The molecule has 0 radical (unpaired) electrons. The van der Waals surface area contributed by atoms with Gasteiger partial charge in [-0.25, -0.2) is 12.8 Å². The van der Waals surface area contributed by atoms with Gasteiger partial charge in [0.2, 0.25) is 0 Å². The van der Waals surface area contributed by atoms with Gasteiger partial charge in [-0.2, -0.15) is 5.26 Å². The lowest BCUT2D eigenvalue weighted by atomic mass is 9.87. The fourth-order valence-electron chi connectivity index (χ4n) is 3.77. The number of allylic oxidation sites excluding steroid dienone is 3. The Labute approximate surface area is 167 Å². The van der Waals surface area contributed by atoms with E-state index in [0.717, 1.165) is 0 Å². The van der Waals surface area contributed by atoms with Crippen molar-refractivity contribution in [2.45, 2.75) is 12.3 Å². The van der Waals surface area contributed by atoms with Crippen molar-refractivity contribution in [3.8, 4) is 6.07 Å². The molecule has 0 fully saturated rings. The minimum absolute atomic E-state index is 0.0710. The zero-order valence-corrected chi connectivity index (χ0v) is 16.1. The molecule has 0 aromatic heterocycles. The molecule has 0 spiro atoms. The summed E-state index contributed by atoms with van der Waals surface area (Å²) >= 11 is 6.10. The average Bonchev–Trinajstić information content (AvgIpc) is 2.97. The maximum Gasteiger partial charge on any atom is 0.177 e. The van der Waals surface area contributed by atoms with Gasteiger partial charge < -0.3 is 5.73 Å². The lowest BCUT2D eigenvalue weighted by molar-refractivity contribution is 0.602. The molecule has 0 bridgehead atoms. The summed E-state index contributed by atoms with van der Waals surface area (Å²) in [6.07, 6.45) is 0.255. The van der Waals surface area contributed by atoms with Crippen molar-refractivity contribution in [1.82, 2.24) is 0 Å². The largest absolute Gasteiger partial charge is 0.384 e. The van der Waals surface area contributed by atoms with Gasteiger partial charge in [-0.1, -0.05) is 23.7 Å². The topological polar surface area (TPSA) is 87.2 Å². The zero-order valence-electron chi connectivity index (χ0n) is 14.6. The third kappa shape index (κ3) is 2.86. The minimum atomic E-state index is -3.59. The number of nitrogens with two attached hydrogens (primary N) is 1. The van der Waals surface area contributed by atoms with Crippen LogP contribution in [0.5, 0.6) is 0 Å². The maximum atomic E-state index is 13.4. The molecule has 5 nitrogen and oxygen atoms in total. The van der Waals surface area contributed by atoms with Crippen molar-refractivity contribution in [1.29, 1.82) is 5.26 Å². The number of benzene rings is 2. The van der Waals surface area contributed by atoms with Gasteiger partial charge >= 0.3 is 0 Å². The number of rotatable bonds is 2. The van der Waals surface area contributed by atoms with Crippen molar-refractivity contribution in [2.24, 2.45) is 5.73 Å². The van der Waals surface area contributed by atoms with E-state index in [9.17, 15) is 18.1 Å². The predicted octanol–water partition coefficient (Wildman–Crippen LogP) is 3.81. The standard InChI is InChI=1S/C20H15ClFN3O2S/c21-13-3-1-2-12(10-13)18-16(11-23)20(24)25(15-6-4-14(22)5-7-15)17-8-9-28(26,27)19(17)18/h1-7,10,18H,8-9,24H2. The Morgan fingerprint density at radius 3 is 2.57 bits per heavy atom. The van der Waals surface area contributed by atoms with Gasteiger partial charge in [0.1, 0.15) is 11.6 Å². The van der Waals surface area contributed by atoms with Crippen LogP contribution in [-0.4, -0.2) is 14.2 Å². The van der Waals surface area contributed by atoms with Gasteiger partial charge in [0.15, 0.2) is 9.84 Å². The van der Waals surface area contributed by atoms with Gasteiger partial charge in [-0.05, 0) is 42.0 Å². The van der Waals surface area contributed by atoms with E-state index in [2.05, 4.69) is 6.07 Å². The molecular weight excluding hydrogens is 401 g/mol. The van der Waals surface area contributed by atoms with Gasteiger partial charge in [-0.3, -0.25) is 4.90 Å². The van der Waals surface area contributed by atoms with Crippen molar-refractivity contribution in [3.63, 3.8) is 0 Å². The molecule has 2 heterocycles. The highest BCUT2D eigenvalue weighted by molar-refractivity contribution is 7.95. The van der Waals surface area contributed by atoms with E-state index in [0.29, 0.717) is 22.0 Å². The highest BCUT2D eigenvalue weighted by Gasteiger charge is 2.45. The fourth-order valence-corrected chi connectivity index (χ4v) is 5.81. The number of nitriles is 1. The first-order chi connectivity index (χ1) is 13.3. The molecule has 28 heavy (non-hydrogen) atoms. The maximum absolute atomic E-state index is 13.4. The summed E-state index contributed by atoms with van der Waals surface area (Å²) in [6, 6.07) is 14.4. The van der Waals surface area contributed by atoms with E-state index in [1.807, 2.05) is 0 Å². The lowest BCUT2D eigenvalue weighted by Crippen LogP contribution is -2.34. The Kier molecular flexibility index (Phi) is 4.41. The van der Waals surface area contributed by atoms with Crippen LogP contribution in [0.4, 0.5) is 10.1 Å². The Morgan fingerprint density at radius 2 is 1.93 bits per heavy atom. The zero-order chi connectivity index (χ0) is 20.1. The number of sulfone groups is 1. The van der Waals surface area contributed by atoms with Crippen molar-refractivity contribution >= 4 is 27.1 Å². The van der Waals surface area contributed by atoms with Gasteiger partial charge in [0.25, 0.3) is 0 Å². The van der Waals surface area contributed by atoms with Gasteiger partial charge in [-0.15, -0.1) is 0 Å². The summed E-state index contributed by atoms with van der Waals surface area (Å²) in [5, 5.41) is 10.3. The normalized spacial score (nSPS) is 20.9. The summed E-state index contributed by atoms with van der Waals surface area (Å²) in [7, 11) is -3.59. The van der Waals surface area contributed by atoms with E-state index in [1.165, 1.54) is 24.3 Å². The number of hydrogen-bond acceptors (Lipinski definition) is 5. The smallest absolute Gasteiger partial charge is 0.177 e. The van der Waals surface area contributed by atoms with Crippen LogP contribution in [0.15, 0.2) is 70.5 Å². The SMILES string of the molecule is N#CC1=C(N)N(c2ccc(F)cc2)C2=C(C1c1cccc(Cl)c1)S(=O)(=O)CC2. The molecule has 2 aliphatic rings. The van der Waals surface area contributed by atoms with Crippen LogP contribution in [0.1, 0.15) is 17.9 Å². The molecule has 0 saturated heterocycles. The summed E-state index contributed by atoms with van der Waals surface area (Å²) in [5.41, 5.74) is 8.06. The fraction of sp³-hybridized carbons (Fsp3) is 0.150. The second kappa shape index (κ2) is 6.66. The molecule has 2 N–H and O–H groups in total. The van der Waals surface area contributed by atoms with Crippen LogP contribution >= 0.6 is 11.6 Å². The third-order valence-electron chi connectivity index (χ3n) is 4.95. The summed E-state index contributed by atoms with van der Waals surface area (Å²) < 4.78 is 39.2. The molecule has 2 aromatic rings.